The third-order valence-corrected chi connectivity index (χ3v) is 2.61. The van der Waals surface area contributed by atoms with Crippen LogP contribution in [0.15, 0.2) is 11.4 Å². The Morgan fingerprint density at radius 1 is 1.44 bits per heavy atom. The Morgan fingerprint density at radius 2 is 2.12 bits per heavy atom. The van der Waals surface area contributed by atoms with Gasteiger partial charge in [0.05, 0.1) is 19.2 Å². The molecule has 0 saturated carbocycles. The first kappa shape index (κ1) is 12.4. The van der Waals surface area contributed by atoms with Gasteiger partial charge in [0.2, 0.25) is 5.91 Å². The van der Waals surface area contributed by atoms with Crippen molar-refractivity contribution in [2.45, 2.75) is 13.3 Å². The first-order valence-electron chi connectivity index (χ1n) is 4.49. The third kappa shape index (κ3) is 3.16. The zero-order valence-corrected chi connectivity index (χ0v) is 9.72. The molecule has 86 valence electrons. The molecule has 0 saturated heterocycles. The lowest BCUT2D eigenvalue weighted by Crippen LogP contribution is -2.16. The highest BCUT2D eigenvalue weighted by atomic mass is 32.1. The van der Waals surface area contributed by atoms with Gasteiger partial charge in [-0.3, -0.25) is 9.59 Å². The van der Waals surface area contributed by atoms with Crippen LogP contribution in [0.2, 0.25) is 0 Å². The first-order valence-corrected chi connectivity index (χ1v) is 5.37. The average Bonchev–Trinajstić information content (AvgIpc) is 2.63. The second kappa shape index (κ2) is 5.41. The van der Waals surface area contributed by atoms with Gasteiger partial charge >= 0.3 is 5.97 Å². The van der Waals surface area contributed by atoms with Gasteiger partial charge in [0.15, 0.2) is 0 Å². The van der Waals surface area contributed by atoms with Crippen LogP contribution in [0.1, 0.15) is 23.0 Å². The van der Waals surface area contributed by atoms with Crippen LogP contribution < -0.4 is 5.32 Å². The predicted molar refractivity (Wildman–Crippen MR) is 59.6 cm³/mol. The lowest BCUT2D eigenvalue weighted by atomic mass is 10.3. The van der Waals surface area contributed by atoms with E-state index < -0.39 is 11.9 Å². The molecule has 1 amide bonds. The van der Waals surface area contributed by atoms with Gasteiger partial charge in [-0.05, 0) is 18.4 Å². The minimum absolute atomic E-state index is 0.198. The zero-order valence-electron chi connectivity index (χ0n) is 8.90. The molecule has 1 aromatic rings. The number of ketones is 1. The first-order chi connectivity index (χ1) is 7.54. The zero-order chi connectivity index (χ0) is 12.1. The van der Waals surface area contributed by atoms with E-state index in [0.717, 1.165) is 0 Å². The van der Waals surface area contributed by atoms with Crippen LogP contribution in [0, 0.1) is 0 Å². The summed E-state index contributed by atoms with van der Waals surface area (Å²) in [6, 6.07) is 1.59. The van der Waals surface area contributed by atoms with Crippen molar-refractivity contribution in [2.24, 2.45) is 0 Å². The molecule has 0 aromatic carbocycles. The Kier molecular flexibility index (Phi) is 4.19. The quantitative estimate of drug-likeness (QED) is 0.639. The molecule has 0 aliphatic carbocycles. The minimum Gasteiger partial charge on any atom is -0.465 e. The minimum atomic E-state index is -0.506. The van der Waals surface area contributed by atoms with Crippen molar-refractivity contribution in [1.29, 1.82) is 0 Å². The number of hydrogen-bond donors (Lipinski definition) is 1. The molecule has 0 fully saturated rings. The van der Waals surface area contributed by atoms with Crippen LogP contribution >= 0.6 is 11.3 Å². The van der Waals surface area contributed by atoms with Crippen molar-refractivity contribution in [3.63, 3.8) is 0 Å². The van der Waals surface area contributed by atoms with Gasteiger partial charge in [-0.2, -0.15) is 0 Å². The second-order valence-corrected chi connectivity index (χ2v) is 4.00. The van der Waals surface area contributed by atoms with Crippen molar-refractivity contribution in [2.75, 3.05) is 12.4 Å². The smallest absolute Gasteiger partial charge is 0.350 e. The predicted octanol–water partition coefficient (Wildman–Crippen LogP) is 1.45. The standard InChI is InChI=1S/C10H11NO4S/c1-6(12)5-8(13)11-7-3-4-16-9(7)10(14)15-2/h3-4H,5H2,1-2H3,(H,11,13). The SMILES string of the molecule is COC(=O)c1sccc1NC(=O)CC(C)=O. The number of carbonyl (C=O) groups excluding carboxylic acids is 3. The summed E-state index contributed by atoms with van der Waals surface area (Å²) in [5, 5.41) is 4.15. The lowest BCUT2D eigenvalue weighted by Gasteiger charge is -2.03. The van der Waals surface area contributed by atoms with Crippen molar-refractivity contribution in [3.05, 3.63) is 16.3 Å². The summed E-state index contributed by atoms with van der Waals surface area (Å²) >= 11 is 1.17. The molecular formula is C10H11NO4S. The van der Waals surface area contributed by atoms with Crippen molar-refractivity contribution >= 4 is 34.7 Å². The molecule has 5 nitrogen and oxygen atoms in total. The van der Waals surface area contributed by atoms with E-state index in [9.17, 15) is 14.4 Å². The summed E-state index contributed by atoms with van der Waals surface area (Å²) in [5.74, 6) is -1.17. The molecule has 1 N–H and O–H groups in total. The maximum atomic E-state index is 11.3. The maximum Gasteiger partial charge on any atom is 0.350 e. The number of anilines is 1. The summed E-state index contributed by atoms with van der Waals surface area (Å²) in [7, 11) is 1.27. The maximum absolute atomic E-state index is 11.3. The lowest BCUT2D eigenvalue weighted by molar-refractivity contribution is -0.124. The fourth-order valence-electron chi connectivity index (χ4n) is 1.08. The molecule has 0 bridgehead atoms. The molecule has 6 heteroatoms. The Morgan fingerprint density at radius 3 is 2.69 bits per heavy atom. The topological polar surface area (TPSA) is 72.5 Å². The Balaban J connectivity index is 2.74. The second-order valence-electron chi connectivity index (χ2n) is 3.08. The molecule has 0 spiro atoms. The van der Waals surface area contributed by atoms with E-state index in [4.69, 9.17) is 0 Å². The highest BCUT2D eigenvalue weighted by molar-refractivity contribution is 7.12. The number of Topliss-reactive ketones (excluding diaryl/α,β-unsaturated/α-hetero) is 1. The number of thiophene rings is 1. The summed E-state index contributed by atoms with van der Waals surface area (Å²) < 4.78 is 4.55. The van der Waals surface area contributed by atoms with Crippen molar-refractivity contribution < 1.29 is 19.1 Å². The van der Waals surface area contributed by atoms with Crippen LogP contribution in [0.5, 0.6) is 0 Å². The average molecular weight is 241 g/mol. The number of hydrogen-bond acceptors (Lipinski definition) is 5. The van der Waals surface area contributed by atoms with E-state index in [0.29, 0.717) is 10.6 Å². The van der Waals surface area contributed by atoms with Crippen LogP contribution in [0.25, 0.3) is 0 Å². The van der Waals surface area contributed by atoms with Crippen molar-refractivity contribution in [1.82, 2.24) is 0 Å². The molecule has 0 unspecified atom stereocenters. The molecular weight excluding hydrogens is 230 g/mol. The number of amides is 1. The number of methoxy groups -OCH3 is 1. The van der Waals surface area contributed by atoms with Crippen molar-refractivity contribution in [3.8, 4) is 0 Å². The van der Waals surface area contributed by atoms with E-state index in [1.165, 1.54) is 25.4 Å². The van der Waals surface area contributed by atoms with Crippen LogP contribution in [0.4, 0.5) is 5.69 Å². The van der Waals surface area contributed by atoms with Gasteiger partial charge in [0, 0.05) is 0 Å². The number of carbonyl (C=O) groups is 3. The van der Waals surface area contributed by atoms with Crippen LogP contribution in [-0.2, 0) is 14.3 Å². The summed E-state index contributed by atoms with van der Waals surface area (Å²) in [6.07, 6.45) is -0.198. The fourth-order valence-corrected chi connectivity index (χ4v) is 1.84. The molecule has 1 rings (SSSR count). The fraction of sp³-hybridized carbons (Fsp3) is 0.300. The highest BCUT2D eigenvalue weighted by Crippen LogP contribution is 2.23. The molecule has 0 aliphatic rings. The number of nitrogens with one attached hydrogen (secondary N) is 1. The number of ether oxygens (including phenoxy) is 1. The Bertz CT molecular complexity index is 424. The normalized spacial score (nSPS) is 9.62. The number of esters is 1. The van der Waals surface area contributed by atoms with Crippen LogP contribution in [0.3, 0.4) is 0 Å². The van der Waals surface area contributed by atoms with Crippen LogP contribution in [-0.4, -0.2) is 24.8 Å². The largest absolute Gasteiger partial charge is 0.465 e. The highest BCUT2D eigenvalue weighted by Gasteiger charge is 2.15. The van der Waals surface area contributed by atoms with E-state index in [1.54, 1.807) is 11.4 Å². The summed E-state index contributed by atoms with van der Waals surface area (Å²) in [5.41, 5.74) is 0.378. The van der Waals surface area contributed by atoms with Gasteiger partial charge in [-0.15, -0.1) is 11.3 Å². The molecule has 0 atom stereocenters. The molecule has 16 heavy (non-hydrogen) atoms. The summed E-state index contributed by atoms with van der Waals surface area (Å²) in [6.45, 7) is 1.33. The molecule has 1 heterocycles. The van der Waals surface area contributed by atoms with Gasteiger partial charge in [-0.1, -0.05) is 0 Å². The Hall–Kier alpha value is -1.69. The summed E-state index contributed by atoms with van der Waals surface area (Å²) in [4.78, 5) is 33.6. The monoisotopic (exact) mass is 241 g/mol. The van der Waals surface area contributed by atoms with Gasteiger partial charge < -0.3 is 10.1 Å². The van der Waals surface area contributed by atoms with E-state index in [-0.39, 0.29) is 12.2 Å². The van der Waals surface area contributed by atoms with Gasteiger partial charge in [0.25, 0.3) is 0 Å². The van der Waals surface area contributed by atoms with Gasteiger partial charge in [-0.25, -0.2) is 4.79 Å². The van der Waals surface area contributed by atoms with E-state index in [1.807, 2.05) is 0 Å². The van der Waals surface area contributed by atoms with Gasteiger partial charge in [0.1, 0.15) is 10.7 Å². The Labute approximate surface area is 96.4 Å². The molecule has 1 aromatic heterocycles. The molecule has 0 aliphatic heterocycles. The third-order valence-electron chi connectivity index (χ3n) is 1.72. The molecule has 0 radical (unpaired) electrons. The number of rotatable bonds is 4. The van der Waals surface area contributed by atoms with E-state index in [2.05, 4.69) is 10.1 Å². The van der Waals surface area contributed by atoms with E-state index >= 15 is 0 Å².